The van der Waals surface area contributed by atoms with Crippen LogP contribution in [0.1, 0.15) is 0 Å². The van der Waals surface area contributed by atoms with E-state index in [4.69, 9.17) is 16.3 Å². The molecule has 88 valence electrons. The number of hydrogen-bond acceptors (Lipinski definition) is 4. The van der Waals surface area contributed by atoms with Crippen molar-refractivity contribution in [1.82, 2.24) is 9.97 Å². The lowest BCUT2D eigenvalue weighted by Gasteiger charge is -2.11. The van der Waals surface area contributed by atoms with Crippen LogP contribution in [0.4, 0.5) is 11.5 Å². The van der Waals surface area contributed by atoms with Crippen LogP contribution in [0.2, 0.25) is 5.02 Å². The first-order chi connectivity index (χ1) is 8.20. The fraction of sp³-hybridized carbons (Fsp3) is 0.0909. The average molecular weight is 315 g/mol. The predicted molar refractivity (Wildman–Crippen MR) is 71.0 cm³/mol. The van der Waals surface area contributed by atoms with Gasteiger partial charge in [-0.25, -0.2) is 9.97 Å². The fourth-order valence-corrected chi connectivity index (χ4v) is 1.80. The van der Waals surface area contributed by atoms with Gasteiger partial charge < -0.3 is 10.1 Å². The van der Waals surface area contributed by atoms with E-state index < -0.39 is 0 Å². The van der Waals surface area contributed by atoms with Crippen molar-refractivity contribution in [1.29, 1.82) is 0 Å². The summed E-state index contributed by atoms with van der Waals surface area (Å²) < 4.78 is 6.00. The van der Waals surface area contributed by atoms with Gasteiger partial charge in [0.15, 0.2) is 0 Å². The number of benzene rings is 1. The second kappa shape index (κ2) is 5.33. The summed E-state index contributed by atoms with van der Waals surface area (Å²) in [5.41, 5.74) is 0.749. The van der Waals surface area contributed by atoms with Crippen LogP contribution in [0.5, 0.6) is 5.75 Å². The van der Waals surface area contributed by atoms with Gasteiger partial charge in [-0.2, -0.15) is 0 Å². The molecule has 0 saturated carbocycles. The highest BCUT2D eigenvalue weighted by Gasteiger charge is 2.07. The minimum atomic E-state index is 0.624. The minimum absolute atomic E-state index is 0.624. The topological polar surface area (TPSA) is 47.0 Å². The maximum absolute atomic E-state index is 5.94. The molecule has 4 nitrogen and oxygen atoms in total. The molecule has 0 amide bonds. The first-order valence-corrected chi connectivity index (χ1v) is 5.94. The number of hydrogen-bond donors (Lipinski definition) is 1. The van der Waals surface area contributed by atoms with E-state index in [1.165, 1.54) is 6.33 Å². The first kappa shape index (κ1) is 12.1. The molecule has 0 bridgehead atoms. The number of nitrogens with zero attached hydrogens (tertiary/aromatic N) is 2. The van der Waals surface area contributed by atoms with Gasteiger partial charge in [0.2, 0.25) is 0 Å². The van der Waals surface area contributed by atoms with Gasteiger partial charge in [0.1, 0.15) is 17.9 Å². The second-order valence-electron chi connectivity index (χ2n) is 3.19. The Kier molecular flexibility index (Phi) is 3.81. The standard InChI is InChI=1S/C11H9BrClN3O/c1-17-10-3-2-7(13)4-9(10)16-11-8(12)5-14-6-15-11/h2-6H,1H3,(H,14,15,16). The second-order valence-corrected chi connectivity index (χ2v) is 4.48. The van der Waals surface area contributed by atoms with Gasteiger partial charge in [-0.1, -0.05) is 11.6 Å². The highest BCUT2D eigenvalue weighted by atomic mass is 79.9. The lowest BCUT2D eigenvalue weighted by molar-refractivity contribution is 0.417. The zero-order valence-electron chi connectivity index (χ0n) is 8.95. The van der Waals surface area contributed by atoms with Crippen molar-refractivity contribution in [3.05, 3.63) is 40.2 Å². The zero-order valence-corrected chi connectivity index (χ0v) is 11.3. The summed E-state index contributed by atoms with van der Waals surface area (Å²) in [7, 11) is 1.60. The molecule has 2 aromatic rings. The Labute approximate surface area is 112 Å². The number of nitrogens with one attached hydrogen (secondary N) is 1. The highest BCUT2D eigenvalue weighted by Crippen LogP contribution is 2.31. The molecular formula is C11H9BrClN3O. The van der Waals surface area contributed by atoms with E-state index in [1.54, 1.807) is 31.5 Å². The average Bonchev–Trinajstić information content (AvgIpc) is 2.32. The van der Waals surface area contributed by atoms with Gasteiger partial charge in [-0.3, -0.25) is 0 Å². The van der Waals surface area contributed by atoms with Crippen molar-refractivity contribution in [3.8, 4) is 5.75 Å². The van der Waals surface area contributed by atoms with Gasteiger partial charge >= 0.3 is 0 Å². The van der Waals surface area contributed by atoms with E-state index >= 15 is 0 Å². The third kappa shape index (κ3) is 2.87. The molecule has 0 radical (unpaired) electrons. The monoisotopic (exact) mass is 313 g/mol. The third-order valence-corrected chi connectivity index (χ3v) is 2.90. The summed E-state index contributed by atoms with van der Waals surface area (Å²) in [5, 5.41) is 3.75. The first-order valence-electron chi connectivity index (χ1n) is 4.77. The molecule has 1 aromatic carbocycles. The summed E-state index contributed by atoms with van der Waals surface area (Å²) in [5.74, 6) is 1.35. The molecule has 0 aliphatic rings. The Balaban J connectivity index is 2.35. The molecule has 0 atom stereocenters. The SMILES string of the molecule is COc1ccc(Cl)cc1Nc1ncncc1Br. The molecule has 1 N–H and O–H groups in total. The fourth-order valence-electron chi connectivity index (χ4n) is 1.31. The van der Waals surface area contributed by atoms with Crippen LogP contribution in [0.25, 0.3) is 0 Å². The van der Waals surface area contributed by atoms with E-state index in [0.717, 1.165) is 10.2 Å². The molecule has 0 aliphatic heterocycles. The smallest absolute Gasteiger partial charge is 0.148 e. The molecule has 6 heteroatoms. The van der Waals surface area contributed by atoms with Crippen molar-refractivity contribution in [3.63, 3.8) is 0 Å². The predicted octanol–water partition coefficient (Wildman–Crippen LogP) is 3.64. The Morgan fingerprint density at radius 3 is 2.94 bits per heavy atom. The maximum atomic E-state index is 5.94. The van der Waals surface area contributed by atoms with Crippen LogP contribution >= 0.6 is 27.5 Å². The Bertz CT molecular complexity index is 536. The number of anilines is 2. The van der Waals surface area contributed by atoms with Gasteiger partial charge in [0, 0.05) is 11.2 Å². The molecule has 17 heavy (non-hydrogen) atoms. The van der Waals surface area contributed by atoms with Crippen molar-refractivity contribution < 1.29 is 4.74 Å². The molecule has 1 heterocycles. The van der Waals surface area contributed by atoms with E-state index in [1.807, 2.05) is 0 Å². The van der Waals surface area contributed by atoms with Crippen LogP contribution in [-0.2, 0) is 0 Å². The van der Waals surface area contributed by atoms with Gasteiger partial charge in [-0.15, -0.1) is 0 Å². The normalized spacial score (nSPS) is 10.1. The lowest BCUT2D eigenvalue weighted by atomic mass is 10.3. The van der Waals surface area contributed by atoms with Crippen LogP contribution in [0.3, 0.4) is 0 Å². The highest BCUT2D eigenvalue weighted by molar-refractivity contribution is 9.10. The maximum Gasteiger partial charge on any atom is 0.148 e. The van der Waals surface area contributed by atoms with E-state index in [-0.39, 0.29) is 0 Å². The molecule has 0 spiro atoms. The van der Waals surface area contributed by atoms with Gasteiger partial charge in [-0.05, 0) is 34.1 Å². The number of ether oxygens (including phenoxy) is 1. The Morgan fingerprint density at radius 2 is 2.24 bits per heavy atom. The van der Waals surface area contributed by atoms with Crippen molar-refractivity contribution in [2.45, 2.75) is 0 Å². The molecule has 0 aliphatic carbocycles. The van der Waals surface area contributed by atoms with Crippen LogP contribution < -0.4 is 10.1 Å². The van der Waals surface area contributed by atoms with Crippen LogP contribution in [-0.4, -0.2) is 17.1 Å². The molecule has 1 aromatic heterocycles. The van der Waals surface area contributed by atoms with Gasteiger partial charge in [0.25, 0.3) is 0 Å². The van der Waals surface area contributed by atoms with E-state index in [0.29, 0.717) is 16.6 Å². The molecular weight excluding hydrogens is 305 g/mol. The number of methoxy groups -OCH3 is 1. The Morgan fingerprint density at radius 1 is 1.41 bits per heavy atom. The summed E-state index contributed by atoms with van der Waals surface area (Å²) >= 11 is 9.30. The quantitative estimate of drug-likeness (QED) is 0.939. The lowest BCUT2D eigenvalue weighted by Crippen LogP contribution is -1.97. The number of rotatable bonds is 3. The summed E-state index contributed by atoms with van der Waals surface area (Å²) in [4.78, 5) is 8.00. The number of aromatic nitrogens is 2. The largest absolute Gasteiger partial charge is 0.495 e. The molecule has 2 rings (SSSR count). The Hall–Kier alpha value is -1.33. The van der Waals surface area contributed by atoms with Crippen molar-refractivity contribution >= 4 is 39.0 Å². The van der Waals surface area contributed by atoms with Crippen molar-refractivity contribution in [2.24, 2.45) is 0 Å². The van der Waals surface area contributed by atoms with Gasteiger partial charge in [0.05, 0.1) is 17.3 Å². The summed E-state index contributed by atoms with van der Waals surface area (Å²) in [6.07, 6.45) is 3.12. The third-order valence-electron chi connectivity index (χ3n) is 2.08. The molecule has 0 saturated heterocycles. The molecule has 0 unspecified atom stereocenters. The summed E-state index contributed by atoms with van der Waals surface area (Å²) in [6, 6.07) is 5.33. The molecule has 0 fully saturated rings. The van der Waals surface area contributed by atoms with Crippen LogP contribution in [0, 0.1) is 0 Å². The number of halogens is 2. The van der Waals surface area contributed by atoms with E-state index in [2.05, 4.69) is 31.2 Å². The van der Waals surface area contributed by atoms with E-state index in [9.17, 15) is 0 Å². The zero-order chi connectivity index (χ0) is 12.3. The summed E-state index contributed by atoms with van der Waals surface area (Å²) in [6.45, 7) is 0. The van der Waals surface area contributed by atoms with Crippen LogP contribution in [0.15, 0.2) is 35.2 Å². The minimum Gasteiger partial charge on any atom is -0.495 e. The van der Waals surface area contributed by atoms with Crippen molar-refractivity contribution in [2.75, 3.05) is 12.4 Å².